The second-order valence-corrected chi connectivity index (χ2v) is 4.33. The fourth-order valence-electron chi connectivity index (χ4n) is 1.63. The Kier molecular flexibility index (Phi) is 5.93. The molecule has 0 radical (unpaired) electrons. The number of rotatable bonds is 6. The number of ether oxygens (including phenoxy) is 2. The topological polar surface area (TPSA) is 47.6 Å². The second-order valence-electron chi connectivity index (χ2n) is 4.33. The summed E-state index contributed by atoms with van der Waals surface area (Å²) in [5, 5.41) is 2.69. The maximum Gasteiger partial charge on any atom is 0.411 e. The summed E-state index contributed by atoms with van der Waals surface area (Å²) in [6, 6.07) is 5.50. The minimum atomic E-state index is -0.455. The lowest BCUT2D eigenvalue weighted by Crippen LogP contribution is -2.18. The number of benzene rings is 1. The molecule has 0 aliphatic carbocycles. The van der Waals surface area contributed by atoms with E-state index in [2.05, 4.69) is 11.9 Å². The van der Waals surface area contributed by atoms with Gasteiger partial charge in [0.05, 0.1) is 12.7 Å². The third kappa shape index (κ3) is 5.04. The molecule has 0 aromatic heterocycles. The lowest BCUT2D eigenvalue weighted by Gasteiger charge is -2.13. The largest absolute Gasteiger partial charge is 0.494 e. The Bertz CT molecular complexity index is 441. The first-order chi connectivity index (χ1) is 9.06. The van der Waals surface area contributed by atoms with Gasteiger partial charge in [0.25, 0.3) is 0 Å². The number of carbonyl (C=O) groups excluding carboxylic acids is 1. The van der Waals surface area contributed by atoms with E-state index in [0.29, 0.717) is 18.7 Å². The normalized spacial score (nSPS) is 10.1. The molecule has 4 heteroatoms. The van der Waals surface area contributed by atoms with Crippen molar-refractivity contribution in [2.75, 3.05) is 11.9 Å². The van der Waals surface area contributed by atoms with Gasteiger partial charge < -0.3 is 9.47 Å². The van der Waals surface area contributed by atoms with Crippen LogP contribution in [0.15, 0.2) is 30.9 Å². The highest BCUT2D eigenvalue weighted by Gasteiger charge is 2.08. The van der Waals surface area contributed by atoms with Gasteiger partial charge >= 0.3 is 6.09 Å². The molecule has 0 unspecified atom stereocenters. The zero-order valence-electron chi connectivity index (χ0n) is 11.7. The highest BCUT2D eigenvalue weighted by atomic mass is 16.6. The molecule has 0 heterocycles. The summed E-state index contributed by atoms with van der Waals surface area (Å²) < 4.78 is 10.6. The Hall–Kier alpha value is -1.97. The number of amides is 1. The average Bonchev–Trinajstić information content (AvgIpc) is 2.32. The highest BCUT2D eigenvalue weighted by Crippen LogP contribution is 2.24. The molecule has 0 saturated heterocycles. The summed E-state index contributed by atoms with van der Waals surface area (Å²) in [6.45, 7) is 9.87. The molecule has 1 N–H and O–H groups in total. The lowest BCUT2D eigenvalue weighted by molar-refractivity contribution is 0.130. The molecule has 19 heavy (non-hydrogen) atoms. The monoisotopic (exact) mass is 263 g/mol. The highest BCUT2D eigenvalue weighted by molar-refractivity contribution is 5.85. The van der Waals surface area contributed by atoms with Crippen molar-refractivity contribution < 1.29 is 14.3 Å². The van der Waals surface area contributed by atoms with E-state index in [-0.39, 0.29) is 6.10 Å². The van der Waals surface area contributed by atoms with Gasteiger partial charge in [0.2, 0.25) is 0 Å². The van der Waals surface area contributed by atoms with Gasteiger partial charge in [-0.05, 0) is 51.0 Å². The predicted octanol–water partition coefficient (Wildman–Crippen LogP) is 3.77. The van der Waals surface area contributed by atoms with Gasteiger partial charge in [-0.25, -0.2) is 4.79 Å². The van der Waals surface area contributed by atoms with Crippen molar-refractivity contribution in [2.45, 2.75) is 33.3 Å². The summed E-state index contributed by atoms with van der Waals surface area (Å²) in [6.07, 6.45) is 1.89. The molecule has 1 rings (SSSR count). The van der Waals surface area contributed by atoms with Crippen LogP contribution in [0.3, 0.4) is 0 Å². The Labute approximate surface area is 114 Å². The fraction of sp³-hybridized carbons (Fsp3) is 0.400. The molecule has 4 nitrogen and oxygen atoms in total. The number of nitrogens with one attached hydrogen (secondary N) is 1. The van der Waals surface area contributed by atoms with Crippen LogP contribution < -0.4 is 10.1 Å². The van der Waals surface area contributed by atoms with Crippen molar-refractivity contribution >= 4 is 11.8 Å². The van der Waals surface area contributed by atoms with E-state index in [0.717, 1.165) is 11.3 Å². The molecule has 0 aliphatic rings. The van der Waals surface area contributed by atoms with Crippen LogP contribution >= 0.6 is 0 Å². The van der Waals surface area contributed by atoms with Crippen molar-refractivity contribution in [2.24, 2.45) is 0 Å². The molecule has 1 aromatic rings. The number of hydrogen-bond donors (Lipinski definition) is 1. The Morgan fingerprint density at radius 1 is 1.47 bits per heavy atom. The predicted molar refractivity (Wildman–Crippen MR) is 76.8 cm³/mol. The van der Waals surface area contributed by atoms with Gasteiger partial charge in [-0.3, -0.25) is 5.32 Å². The Morgan fingerprint density at radius 2 is 2.21 bits per heavy atom. The maximum atomic E-state index is 11.5. The quantitative estimate of drug-likeness (QED) is 0.795. The molecule has 0 spiro atoms. The van der Waals surface area contributed by atoms with Crippen molar-refractivity contribution in [3.63, 3.8) is 0 Å². The van der Waals surface area contributed by atoms with Crippen molar-refractivity contribution in [1.29, 1.82) is 0 Å². The summed E-state index contributed by atoms with van der Waals surface area (Å²) in [5.41, 5.74) is 1.67. The summed E-state index contributed by atoms with van der Waals surface area (Å²) in [4.78, 5) is 11.5. The van der Waals surface area contributed by atoms with E-state index < -0.39 is 6.09 Å². The average molecular weight is 263 g/mol. The van der Waals surface area contributed by atoms with Gasteiger partial charge in [-0.1, -0.05) is 6.08 Å². The van der Waals surface area contributed by atoms with Crippen LogP contribution in [0, 0.1) is 0 Å². The standard InChI is InChI=1S/C15H21NO3/c1-5-7-12-10-13(8-9-14(12)18-6-2)16-15(17)19-11(3)4/h5,8-11H,1,6-7H2,2-4H3,(H,16,17). The van der Waals surface area contributed by atoms with E-state index in [9.17, 15) is 4.79 Å². The molecule has 1 aromatic carbocycles. The first kappa shape index (κ1) is 15.1. The van der Waals surface area contributed by atoms with Gasteiger partial charge in [0, 0.05) is 5.69 Å². The van der Waals surface area contributed by atoms with Crippen molar-refractivity contribution in [3.05, 3.63) is 36.4 Å². The van der Waals surface area contributed by atoms with Gasteiger partial charge in [-0.15, -0.1) is 6.58 Å². The molecule has 104 valence electrons. The summed E-state index contributed by atoms with van der Waals surface area (Å²) >= 11 is 0. The van der Waals surface area contributed by atoms with Gasteiger partial charge in [0.1, 0.15) is 5.75 Å². The maximum absolute atomic E-state index is 11.5. The fourth-order valence-corrected chi connectivity index (χ4v) is 1.63. The second kappa shape index (κ2) is 7.46. The minimum Gasteiger partial charge on any atom is -0.494 e. The number of anilines is 1. The summed E-state index contributed by atoms with van der Waals surface area (Å²) in [7, 11) is 0. The van der Waals surface area contributed by atoms with Gasteiger partial charge in [-0.2, -0.15) is 0 Å². The van der Waals surface area contributed by atoms with E-state index in [1.165, 1.54) is 0 Å². The van der Waals surface area contributed by atoms with Crippen LogP contribution in [0.5, 0.6) is 5.75 Å². The van der Waals surface area contributed by atoms with Crippen LogP contribution in [-0.2, 0) is 11.2 Å². The Morgan fingerprint density at radius 3 is 2.79 bits per heavy atom. The number of carbonyl (C=O) groups is 1. The molecular formula is C15H21NO3. The van der Waals surface area contributed by atoms with E-state index in [1.807, 2.05) is 19.1 Å². The molecule has 0 aliphatic heterocycles. The first-order valence-corrected chi connectivity index (χ1v) is 6.41. The third-order valence-corrected chi connectivity index (χ3v) is 2.31. The van der Waals surface area contributed by atoms with Crippen LogP contribution in [-0.4, -0.2) is 18.8 Å². The molecule has 0 atom stereocenters. The lowest BCUT2D eigenvalue weighted by atomic mass is 10.1. The van der Waals surface area contributed by atoms with E-state index in [4.69, 9.17) is 9.47 Å². The molecule has 0 fully saturated rings. The minimum absolute atomic E-state index is 0.143. The van der Waals surface area contributed by atoms with Crippen LogP contribution in [0.2, 0.25) is 0 Å². The smallest absolute Gasteiger partial charge is 0.411 e. The zero-order valence-corrected chi connectivity index (χ0v) is 11.7. The Balaban J connectivity index is 2.82. The van der Waals surface area contributed by atoms with Crippen LogP contribution in [0.1, 0.15) is 26.3 Å². The van der Waals surface area contributed by atoms with Gasteiger partial charge in [0.15, 0.2) is 0 Å². The molecular weight excluding hydrogens is 242 g/mol. The van der Waals surface area contributed by atoms with Crippen molar-refractivity contribution in [1.82, 2.24) is 0 Å². The number of hydrogen-bond acceptors (Lipinski definition) is 3. The molecule has 1 amide bonds. The molecule has 0 saturated carbocycles. The SMILES string of the molecule is C=CCc1cc(NC(=O)OC(C)C)ccc1OCC. The van der Waals surface area contributed by atoms with E-state index >= 15 is 0 Å². The summed E-state index contributed by atoms with van der Waals surface area (Å²) in [5.74, 6) is 0.810. The van der Waals surface area contributed by atoms with Crippen molar-refractivity contribution in [3.8, 4) is 5.75 Å². The van der Waals surface area contributed by atoms with Crippen LogP contribution in [0.4, 0.5) is 10.5 Å². The third-order valence-electron chi connectivity index (χ3n) is 2.31. The van der Waals surface area contributed by atoms with E-state index in [1.54, 1.807) is 26.0 Å². The first-order valence-electron chi connectivity index (χ1n) is 6.41. The molecule has 0 bridgehead atoms. The number of allylic oxidation sites excluding steroid dienone is 1. The van der Waals surface area contributed by atoms with Crippen LogP contribution in [0.25, 0.3) is 0 Å². The zero-order chi connectivity index (χ0) is 14.3.